The van der Waals surface area contributed by atoms with Crippen molar-refractivity contribution in [2.45, 2.75) is 90.1 Å². The van der Waals surface area contributed by atoms with Gasteiger partial charge in [0.15, 0.2) is 5.79 Å². The highest BCUT2D eigenvalue weighted by Gasteiger charge is 2.60. The summed E-state index contributed by atoms with van der Waals surface area (Å²) in [6, 6.07) is 0. The molecule has 0 aromatic carbocycles. The zero-order valence-electron chi connectivity index (χ0n) is 15.6. The van der Waals surface area contributed by atoms with Gasteiger partial charge in [0, 0.05) is 17.9 Å². The topological polar surface area (TPSA) is 75.7 Å². The molecule has 1 aliphatic heterocycles. The number of aliphatic hydroxyl groups is 2. The fourth-order valence-corrected chi connectivity index (χ4v) is 5.86. The standard InChI is InChI=1S/C20H31NO4/c1-12-15(13(2)25-21-12)6-4-14-5-7-17-16-8-9-18(22)19(16,3)10-11-20(17,23)24-14/h14,16-18,22-23H,4-11H2,1-3H3. The number of aliphatic hydroxyl groups excluding tert-OH is 1. The molecule has 3 aliphatic rings. The van der Waals surface area contributed by atoms with Gasteiger partial charge in [0.25, 0.3) is 0 Å². The summed E-state index contributed by atoms with van der Waals surface area (Å²) < 4.78 is 11.5. The highest BCUT2D eigenvalue weighted by atomic mass is 16.6. The van der Waals surface area contributed by atoms with Gasteiger partial charge in [-0.2, -0.15) is 0 Å². The molecule has 140 valence electrons. The van der Waals surface area contributed by atoms with Crippen LogP contribution in [0.5, 0.6) is 0 Å². The molecule has 1 saturated heterocycles. The summed E-state index contributed by atoms with van der Waals surface area (Å²) in [7, 11) is 0. The Labute approximate surface area is 149 Å². The zero-order chi connectivity index (χ0) is 17.8. The molecule has 2 heterocycles. The van der Waals surface area contributed by atoms with Gasteiger partial charge in [-0.3, -0.25) is 0 Å². The molecule has 1 aromatic rings. The highest BCUT2D eigenvalue weighted by Crippen LogP contribution is 2.60. The first kappa shape index (κ1) is 17.5. The Morgan fingerprint density at radius 2 is 1.88 bits per heavy atom. The van der Waals surface area contributed by atoms with Gasteiger partial charge in [0.1, 0.15) is 5.76 Å². The van der Waals surface area contributed by atoms with Crippen LogP contribution in [-0.2, 0) is 11.2 Å². The Morgan fingerprint density at radius 3 is 2.60 bits per heavy atom. The number of aryl methyl sites for hydroxylation is 2. The molecule has 0 radical (unpaired) electrons. The van der Waals surface area contributed by atoms with Gasteiger partial charge < -0.3 is 19.5 Å². The number of hydrogen-bond acceptors (Lipinski definition) is 5. The monoisotopic (exact) mass is 349 g/mol. The molecule has 2 N–H and O–H groups in total. The third-order valence-electron chi connectivity index (χ3n) is 7.51. The smallest absolute Gasteiger partial charge is 0.168 e. The first-order valence-electron chi connectivity index (χ1n) is 9.83. The molecule has 5 heteroatoms. The van der Waals surface area contributed by atoms with Gasteiger partial charge in [-0.1, -0.05) is 12.1 Å². The van der Waals surface area contributed by atoms with Crippen LogP contribution in [0.1, 0.15) is 68.9 Å². The molecule has 5 nitrogen and oxygen atoms in total. The van der Waals surface area contributed by atoms with E-state index in [0.717, 1.165) is 56.4 Å². The van der Waals surface area contributed by atoms with Crippen LogP contribution in [-0.4, -0.2) is 33.4 Å². The van der Waals surface area contributed by atoms with E-state index in [1.54, 1.807) is 0 Å². The maximum absolute atomic E-state index is 11.2. The molecule has 0 spiro atoms. The van der Waals surface area contributed by atoms with E-state index in [1.165, 1.54) is 5.56 Å². The predicted molar refractivity (Wildman–Crippen MR) is 92.9 cm³/mol. The minimum Gasteiger partial charge on any atom is -0.393 e. The lowest BCUT2D eigenvalue weighted by Crippen LogP contribution is -2.57. The molecule has 2 saturated carbocycles. The molecule has 6 atom stereocenters. The largest absolute Gasteiger partial charge is 0.393 e. The molecule has 3 fully saturated rings. The summed E-state index contributed by atoms with van der Waals surface area (Å²) in [6.07, 6.45) is 6.99. The molecule has 25 heavy (non-hydrogen) atoms. The lowest BCUT2D eigenvalue weighted by molar-refractivity contribution is -0.319. The van der Waals surface area contributed by atoms with E-state index in [2.05, 4.69) is 12.1 Å². The van der Waals surface area contributed by atoms with Crippen molar-refractivity contribution in [3.8, 4) is 0 Å². The van der Waals surface area contributed by atoms with E-state index in [0.29, 0.717) is 12.3 Å². The van der Waals surface area contributed by atoms with Crippen LogP contribution < -0.4 is 0 Å². The van der Waals surface area contributed by atoms with Gasteiger partial charge in [-0.15, -0.1) is 0 Å². The predicted octanol–water partition coefficient (Wildman–Crippen LogP) is 3.28. The van der Waals surface area contributed by atoms with Crippen LogP contribution in [0.4, 0.5) is 0 Å². The SMILES string of the molecule is Cc1noc(C)c1CCC1CCC2C3CCC(O)C3(C)CCC2(O)O1. The second-order valence-corrected chi connectivity index (χ2v) is 8.82. The molecule has 4 rings (SSSR count). The summed E-state index contributed by atoms with van der Waals surface area (Å²) in [5, 5.41) is 25.7. The molecular formula is C20H31NO4. The normalized spacial score (nSPS) is 43.7. The minimum atomic E-state index is -1.00. The van der Waals surface area contributed by atoms with Crippen molar-refractivity contribution in [3.63, 3.8) is 0 Å². The third-order valence-corrected chi connectivity index (χ3v) is 7.51. The first-order chi connectivity index (χ1) is 11.8. The maximum Gasteiger partial charge on any atom is 0.168 e. The second-order valence-electron chi connectivity index (χ2n) is 8.82. The fourth-order valence-electron chi connectivity index (χ4n) is 5.86. The van der Waals surface area contributed by atoms with Crippen molar-refractivity contribution in [3.05, 3.63) is 17.0 Å². The summed E-state index contributed by atoms with van der Waals surface area (Å²) in [5.74, 6) is 0.428. The Bertz CT molecular complexity index is 624. The number of hydrogen-bond donors (Lipinski definition) is 2. The fraction of sp³-hybridized carbons (Fsp3) is 0.850. The van der Waals surface area contributed by atoms with Gasteiger partial charge in [0.2, 0.25) is 0 Å². The van der Waals surface area contributed by atoms with Crippen molar-refractivity contribution in [1.82, 2.24) is 5.16 Å². The molecule has 0 amide bonds. The quantitative estimate of drug-likeness (QED) is 0.876. The summed E-state index contributed by atoms with van der Waals surface area (Å²) in [5.41, 5.74) is 2.09. The van der Waals surface area contributed by atoms with Crippen molar-refractivity contribution >= 4 is 0 Å². The van der Waals surface area contributed by atoms with E-state index in [-0.39, 0.29) is 23.5 Å². The van der Waals surface area contributed by atoms with Gasteiger partial charge in [-0.25, -0.2) is 0 Å². The van der Waals surface area contributed by atoms with E-state index in [1.807, 2.05) is 13.8 Å². The van der Waals surface area contributed by atoms with E-state index >= 15 is 0 Å². The minimum absolute atomic E-state index is 0.0379. The molecular weight excluding hydrogens is 318 g/mol. The highest BCUT2D eigenvalue weighted by molar-refractivity contribution is 5.21. The molecule has 1 aromatic heterocycles. The lowest BCUT2D eigenvalue weighted by atomic mass is 9.59. The van der Waals surface area contributed by atoms with Crippen molar-refractivity contribution in [2.75, 3.05) is 0 Å². The Balaban J connectivity index is 1.43. The number of fused-ring (bicyclic) bond motifs is 3. The molecule has 0 bridgehead atoms. The van der Waals surface area contributed by atoms with Crippen LogP contribution in [0, 0.1) is 31.1 Å². The Morgan fingerprint density at radius 1 is 1.12 bits per heavy atom. The summed E-state index contributed by atoms with van der Waals surface area (Å²) >= 11 is 0. The first-order valence-corrected chi connectivity index (χ1v) is 9.83. The number of nitrogens with zero attached hydrogens (tertiary/aromatic N) is 1. The Hall–Kier alpha value is -0.910. The van der Waals surface area contributed by atoms with Crippen LogP contribution >= 0.6 is 0 Å². The van der Waals surface area contributed by atoms with Crippen LogP contribution in [0.2, 0.25) is 0 Å². The van der Waals surface area contributed by atoms with Gasteiger partial charge in [0.05, 0.1) is 17.9 Å². The number of rotatable bonds is 3. The molecule has 2 aliphatic carbocycles. The average Bonchev–Trinajstić information content (AvgIpc) is 3.05. The van der Waals surface area contributed by atoms with Crippen LogP contribution in [0.3, 0.4) is 0 Å². The summed E-state index contributed by atoms with van der Waals surface area (Å²) in [6.45, 7) is 6.14. The lowest BCUT2D eigenvalue weighted by Gasteiger charge is -2.54. The number of aromatic nitrogens is 1. The Kier molecular flexibility index (Phi) is 4.25. The van der Waals surface area contributed by atoms with Gasteiger partial charge in [-0.05, 0) is 70.1 Å². The summed E-state index contributed by atoms with van der Waals surface area (Å²) in [4.78, 5) is 0. The van der Waals surface area contributed by atoms with E-state index in [4.69, 9.17) is 9.26 Å². The average molecular weight is 349 g/mol. The maximum atomic E-state index is 11.2. The number of ether oxygens (including phenoxy) is 1. The van der Waals surface area contributed by atoms with E-state index < -0.39 is 5.79 Å². The third kappa shape index (κ3) is 2.75. The van der Waals surface area contributed by atoms with Gasteiger partial charge >= 0.3 is 0 Å². The van der Waals surface area contributed by atoms with Crippen molar-refractivity contribution < 1.29 is 19.5 Å². The van der Waals surface area contributed by atoms with Crippen LogP contribution in [0.25, 0.3) is 0 Å². The van der Waals surface area contributed by atoms with Crippen molar-refractivity contribution in [1.29, 1.82) is 0 Å². The van der Waals surface area contributed by atoms with Crippen molar-refractivity contribution in [2.24, 2.45) is 17.3 Å². The molecule has 6 unspecified atom stereocenters. The van der Waals surface area contributed by atoms with Crippen LogP contribution in [0.15, 0.2) is 4.52 Å². The van der Waals surface area contributed by atoms with E-state index in [9.17, 15) is 10.2 Å². The zero-order valence-corrected chi connectivity index (χ0v) is 15.6. The second kappa shape index (κ2) is 6.07.